The molecule has 0 saturated carbocycles. The molecule has 2 aromatic rings. The van der Waals surface area contributed by atoms with Gasteiger partial charge in [0.2, 0.25) is 0 Å². The first-order valence-electron chi connectivity index (χ1n) is 6.26. The van der Waals surface area contributed by atoms with Gasteiger partial charge in [-0.25, -0.2) is 9.37 Å². The number of likely N-dealkylation sites (N-methyl/N-ethyl adjacent to an activating group) is 1. The molecule has 0 aliphatic rings. The minimum absolute atomic E-state index is 0.0733. The predicted molar refractivity (Wildman–Crippen MR) is 74.7 cm³/mol. The smallest absolute Gasteiger partial charge is 0.141 e. The molecule has 1 heterocycles. The van der Waals surface area contributed by atoms with Gasteiger partial charge in [0, 0.05) is 31.9 Å². The second kappa shape index (κ2) is 6.17. The van der Waals surface area contributed by atoms with E-state index in [1.807, 2.05) is 24.7 Å². The van der Waals surface area contributed by atoms with Gasteiger partial charge in [0.15, 0.2) is 0 Å². The molecule has 19 heavy (non-hydrogen) atoms. The average molecular weight is 282 g/mol. The Labute approximate surface area is 117 Å². The maximum atomic E-state index is 13.2. The van der Waals surface area contributed by atoms with E-state index in [0.29, 0.717) is 0 Å². The molecule has 1 unspecified atom stereocenters. The van der Waals surface area contributed by atoms with Crippen molar-refractivity contribution in [1.29, 1.82) is 0 Å². The van der Waals surface area contributed by atoms with Gasteiger partial charge in [-0.3, -0.25) is 0 Å². The molecule has 0 spiro atoms. The van der Waals surface area contributed by atoms with Crippen molar-refractivity contribution in [2.75, 3.05) is 6.54 Å². The number of aromatic nitrogens is 2. The number of halogens is 2. The van der Waals surface area contributed by atoms with E-state index in [9.17, 15) is 4.39 Å². The molecule has 0 radical (unpaired) electrons. The Kier molecular flexibility index (Phi) is 4.56. The molecule has 0 aliphatic carbocycles. The molecule has 1 aromatic carbocycles. The summed E-state index contributed by atoms with van der Waals surface area (Å²) in [6.45, 7) is 2.86. The average Bonchev–Trinajstić information content (AvgIpc) is 2.78. The van der Waals surface area contributed by atoms with Crippen LogP contribution in [0.5, 0.6) is 0 Å². The maximum Gasteiger partial charge on any atom is 0.141 e. The molecule has 1 aromatic heterocycles. The highest BCUT2D eigenvalue weighted by atomic mass is 35.5. The van der Waals surface area contributed by atoms with Crippen LogP contribution in [0.15, 0.2) is 30.6 Å². The van der Waals surface area contributed by atoms with Crippen LogP contribution >= 0.6 is 11.6 Å². The van der Waals surface area contributed by atoms with Gasteiger partial charge in [0.05, 0.1) is 5.02 Å². The molecule has 102 valence electrons. The third kappa shape index (κ3) is 3.33. The standard InChI is InChI=1S/C14H17ClFN3/c1-3-17-13(9-14-18-6-7-19(14)2)10-4-5-12(16)11(15)8-10/h4-8,13,17H,3,9H2,1-2H3. The number of rotatable bonds is 5. The number of hydrogen-bond acceptors (Lipinski definition) is 2. The first-order chi connectivity index (χ1) is 9.11. The summed E-state index contributed by atoms with van der Waals surface area (Å²) in [6, 6.07) is 4.91. The van der Waals surface area contributed by atoms with Gasteiger partial charge in [-0.05, 0) is 24.2 Å². The van der Waals surface area contributed by atoms with Crippen LogP contribution in [-0.4, -0.2) is 16.1 Å². The molecule has 1 N–H and O–H groups in total. The Morgan fingerprint density at radius 3 is 2.84 bits per heavy atom. The van der Waals surface area contributed by atoms with Crippen LogP contribution in [0.1, 0.15) is 24.4 Å². The maximum absolute atomic E-state index is 13.2. The molecule has 3 nitrogen and oxygen atoms in total. The van der Waals surface area contributed by atoms with Crippen molar-refractivity contribution >= 4 is 11.6 Å². The van der Waals surface area contributed by atoms with Gasteiger partial charge in [-0.1, -0.05) is 24.6 Å². The van der Waals surface area contributed by atoms with E-state index in [1.54, 1.807) is 18.3 Å². The number of imidazole rings is 1. The first-order valence-corrected chi connectivity index (χ1v) is 6.64. The first kappa shape index (κ1) is 14.0. The van der Waals surface area contributed by atoms with E-state index in [4.69, 9.17) is 11.6 Å². The normalized spacial score (nSPS) is 12.6. The summed E-state index contributed by atoms with van der Waals surface area (Å²) < 4.78 is 15.2. The fourth-order valence-electron chi connectivity index (χ4n) is 2.06. The Morgan fingerprint density at radius 1 is 1.47 bits per heavy atom. The van der Waals surface area contributed by atoms with Crippen LogP contribution in [0, 0.1) is 5.82 Å². The lowest BCUT2D eigenvalue weighted by atomic mass is 10.0. The van der Waals surface area contributed by atoms with E-state index >= 15 is 0 Å². The van der Waals surface area contributed by atoms with Gasteiger partial charge >= 0.3 is 0 Å². The lowest BCUT2D eigenvalue weighted by molar-refractivity contribution is 0.527. The summed E-state index contributed by atoms with van der Waals surface area (Å²) in [7, 11) is 1.96. The fraction of sp³-hybridized carbons (Fsp3) is 0.357. The molecular formula is C14H17ClFN3. The summed E-state index contributed by atoms with van der Waals surface area (Å²) in [5.74, 6) is 0.587. The summed E-state index contributed by atoms with van der Waals surface area (Å²) in [5, 5.41) is 3.53. The third-order valence-corrected chi connectivity index (χ3v) is 3.39. The number of hydrogen-bond donors (Lipinski definition) is 1. The van der Waals surface area contributed by atoms with Crippen molar-refractivity contribution in [3.8, 4) is 0 Å². The van der Waals surface area contributed by atoms with Crippen molar-refractivity contribution in [2.24, 2.45) is 7.05 Å². The Balaban J connectivity index is 2.24. The third-order valence-electron chi connectivity index (χ3n) is 3.10. The number of aryl methyl sites for hydroxylation is 1. The Bertz CT molecular complexity index is 553. The van der Waals surface area contributed by atoms with Crippen molar-refractivity contribution in [1.82, 2.24) is 14.9 Å². The van der Waals surface area contributed by atoms with Gasteiger partial charge in [-0.15, -0.1) is 0 Å². The summed E-state index contributed by atoms with van der Waals surface area (Å²) in [6.07, 6.45) is 4.42. The molecule has 0 saturated heterocycles. The zero-order valence-corrected chi connectivity index (χ0v) is 11.8. The van der Waals surface area contributed by atoms with Crippen LogP contribution < -0.4 is 5.32 Å². The van der Waals surface area contributed by atoms with Crippen LogP contribution in [0.25, 0.3) is 0 Å². The zero-order valence-electron chi connectivity index (χ0n) is 11.0. The van der Waals surface area contributed by atoms with Crippen LogP contribution in [0.2, 0.25) is 5.02 Å². The quantitative estimate of drug-likeness (QED) is 0.913. The van der Waals surface area contributed by atoms with Crippen LogP contribution in [0.4, 0.5) is 4.39 Å². The van der Waals surface area contributed by atoms with E-state index in [1.165, 1.54) is 6.07 Å². The minimum atomic E-state index is -0.391. The highest BCUT2D eigenvalue weighted by Gasteiger charge is 2.15. The highest BCUT2D eigenvalue weighted by molar-refractivity contribution is 6.30. The predicted octanol–water partition coefficient (Wildman–Crippen LogP) is 3.11. The van der Waals surface area contributed by atoms with Crippen LogP contribution in [-0.2, 0) is 13.5 Å². The van der Waals surface area contributed by atoms with E-state index in [-0.39, 0.29) is 11.1 Å². The molecule has 0 bridgehead atoms. The molecule has 1 atom stereocenters. The van der Waals surface area contributed by atoms with Gasteiger partial charge in [0.25, 0.3) is 0 Å². The van der Waals surface area contributed by atoms with E-state index in [0.717, 1.165) is 24.4 Å². The molecular weight excluding hydrogens is 265 g/mol. The van der Waals surface area contributed by atoms with Crippen molar-refractivity contribution in [3.63, 3.8) is 0 Å². The molecule has 0 amide bonds. The zero-order chi connectivity index (χ0) is 13.8. The van der Waals surface area contributed by atoms with Gasteiger partial charge < -0.3 is 9.88 Å². The Hall–Kier alpha value is -1.39. The lowest BCUT2D eigenvalue weighted by Crippen LogP contribution is -2.24. The largest absolute Gasteiger partial charge is 0.338 e. The summed E-state index contributed by atoms with van der Waals surface area (Å²) in [4.78, 5) is 4.32. The number of benzene rings is 1. The van der Waals surface area contributed by atoms with Crippen LogP contribution in [0.3, 0.4) is 0 Å². The topological polar surface area (TPSA) is 29.9 Å². The minimum Gasteiger partial charge on any atom is -0.338 e. The van der Waals surface area contributed by atoms with E-state index < -0.39 is 5.82 Å². The second-order valence-electron chi connectivity index (χ2n) is 4.44. The van der Waals surface area contributed by atoms with Gasteiger partial charge in [-0.2, -0.15) is 0 Å². The Morgan fingerprint density at radius 2 is 2.26 bits per heavy atom. The molecule has 0 aliphatic heterocycles. The highest BCUT2D eigenvalue weighted by Crippen LogP contribution is 2.23. The number of nitrogens with zero attached hydrogens (tertiary/aromatic N) is 2. The summed E-state index contributed by atoms with van der Waals surface area (Å²) in [5.41, 5.74) is 0.969. The molecule has 0 fully saturated rings. The monoisotopic (exact) mass is 281 g/mol. The number of nitrogens with one attached hydrogen (secondary N) is 1. The van der Waals surface area contributed by atoms with Crippen molar-refractivity contribution < 1.29 is 4.39 Å². The fourth-order valence-corrected chi connectivity index (χ4v) is 2.25. The lowest BCUT2D eigenvalue weighted by Gasteiger charge is -2.18. The van der Waals surface area contributed by atoms with E-state index in [2.05, 4.69) is 10.3 Å². The van der Waals surface area contributed by atoms with Crippen molar-refractivity contribution in [2.45, 2.75) is 19.4 Å². The molecule has 2 rings (SSSR count). The molecule has 5 heteroatoms. The van der Waals surface area contributed by atoms with Gasteiger partial charge in [0.1, 0.15) is 11.6 Å². The SMILES string of the molecule is CCNC(Cc1nccn1C)c1ccc(F)c(Cl)c1. The summed E-state index contributed by atoms with van der Waals surface area (Å²) >= 11 is 5.85. The second-order valence-corrected chi connectivity index (χ2v) is 4.85. The van der Waals surface area contributed by atoms with Crippen molar-refractivity contribution in [3.05, 3.63) is 52.8 Å².